The normalized spacial score (nSPS) is 10.8. The fourth-order valence-electron chi connectivity index (χ4n) is 2.35. The molecule has 0 aliphatic rings. The van der Waals surface area contributed by atoms with E-state index in [1.54, 1.807) is 0 Å². The van der Waals surface area contributed by atoms with E-state index in [1.807, 2.05) is 0 Å². The fourth-order valence-corrected chi connectivity index (χ4v) is 2.35. The first-order valence-electron chi connectivity index (χ1n) is 7.34. The average molecular weight is 268 g/mol. The van der Waals surface area contributed by atoms with Gasteiger partial charge in [0.25, 0.3) is 0 Å². The van der Waals surface area contributed by atoms with E-state index >= 15 is 0 Å². The summed E-state index contributed by atoms with van der Waals surface area (Å²) in [5.41, 5.74) is 3.89. The highest BCUT2D eigenvalue weighted by molar-refractivity contribution is 5.78. The maximum Gasteiger partial charge on any atom is 0.0704 e. The van der Waals surface area contributed by atoms with Crippen LogP contribution in [0.4, 0.5) is 5.69 Å². The Balaban J connectivity index is 2.36. The van der Waals surface area contributed by atoms with E-state index in [9.17, 15) is 0 Å². The van der Waals surface area contributed by atoms with Gasteiger partial charge < -0.3 is 4.90 Å². The number of rotatable bonds is 6. The maximum atomic E-state index is 2.42. The third-order valence-electron chi connectivity index (χ3n) is 3.66. The monoisotopic (exact) mass is 268 g/mol. The van der Waals surface area contributed by atoms with Gasteiger partial charge in [-0.2, -0.15) is 0 Å². The van der Waals surface area contributed by atoms with Crippen LogP contribution in [0.15, 0.2) is 54.6 Å². The van der Waals surface area contributed by atoms with Crippen molar-refractivity contribution in [3.05, 3.63) is 54.6 Å². The average Bonchev–Trinajstić information content (AvgIpc) is 2.53. The van der Waals surface area contributed by atoms with Gasteiger partial charge in [0.1, 0.15) is 0 Å². The molecule has 2 nitrogen and oxygen atoms in total. The van der Waals surface area contributed by atoms with Crippen molar-refractivity contribution in [3.8, 4) is 11.1 Å². The molecule has 0 aliphatic carbocycles. The van der Waals surface area contributed by atoms with Gasteiger partial charge in [-0.25, -0.2) is 0 Å². The predicted octanol–water partition coefficient (Wildman–Crippen LogP) is 4.09. The van der Waals surface area contributed by atoms with Crippen molar-refractivity contribution in [2.45, 2.75) is 13.8 Å². The minimum atomic E-state index is 0.955. The lowest BCUT2D eigenvalue weighted by atomic mass is 10.0. The molecule has 0 spiro atoms. The second-order valence-electron chi connectivity index (χ2n) is 5.05. The molecule has 0 unspecified atom stereocenters. The second kappa shape index (κ2) is 7.11. The highest BCUT2D eigenvalue weighted by Crippen LogP contribution is 2.30. The molecule has 0 amide bonds. The standard InChI is InChI=1S/C18H24N2/c1-4-19(3)15-20(5-2)18-14-10-9-13-17(18)16-11-7-6-8-12-16/h6-14H,4-5,15H2,1-3H3. The Morgan fingerprint density at radius 1 is 0.800 bits per heavy atom. The second-order valence-corrected chi connectivity index (χ2v) is 5.05. The lowest BCUT2D eigenvalue weighted by molar-refractivity contribution is 0.351. The van der Waals surface area contributed by atoms with Gasteiger partial charge in [0.2, 0.25) is 0 Å². The zero-order valence-electron chi connectivity index (χ0n) is 12.7. The van der Waals surface area contributed by atoms with Crippen molar-refractivity contribution < 1.29 is 0 Å². The van der Waals surface area contributed by atoms with Gasteiger partial charge in [-0.3, -0.25) is 4.90 Å². The SMILES string of the molecule is CCN(C)CN(CC)c1ccccc1-c1ccccc1. The fraction of sp³-hybridized carbons (Fsp3) is 0.333. The van der Waals surface area contributed by atoms with Gasteiger partial charge in [0, 0.05) is 17.8 Å². The highest BCUT2D eigenvalue weighted by atomic mass is 15.3. The summed E-state index contributed by atoms with van der Waals surface area (Å²) in [5.74, 6) is 0. The molecule has 0 radical (unpaired) electrons. The third-order valence-corrected chi connectivity index (χ3v) is 3.66. The number of anilines is 1. The minimum Gasteiger partial charge on any atom is -0.358 e. The molecular weight excluding hydrogens is 244 g/mol. The van der Waals surface area contributed by atoms with Crippen LogP contribution in [-0.4, -0.2) is 31.7 Å². The molecule has 0 saturated heterocycles. The maximum absolute atomic E-state index is 2.42. The molecule has 0 heterocycles. The van der Waals surface area contributed by atoms with E-state index < -0.39 is 0 Å². The van der Waals surface area contributed by atoms with Crippen LogP contribution in [0, 0.1) is 0 Å². The predicted molar refractivity (Wildman–Crippen MR) is 88.1 cm³/mol. The molecule has 0 aromatic heterocycles. The summed E-state index contributed by atoms with van der Waals surface area (Å²) in [7, 11) is 2.16. The Kier molecular flexibility index (Phi) is 5.19. The van der Waals surface area contributed by atoms with Crippen LogP contribution in [0.5, 0.6) is 0 Å². The number of para-hydroxylation sites is 1. The molecule has 20 heavy (non-hydrogen) atoms. The Bertz CT molecular complexity index is 522. The Hall–Kier alpha value is -1.80. The number of benzene rings is 2. The molecule has 2 aromatic rings. The smallest absolute Gasteiger partial charge is 0.0704 e. The molecule has 0 N–H and O–H groups in total. The minimum absolute atomic E-state index is 0.955. The zero-order valence-corrected chi connectivity index (χ0v) is 12.7. The molecule has 106 valence electrons. The molecule has 0 aliphatic heterocycles. The van der Waals surface area contributed by atoms with Crippen LogP contribution < -0.4 is 4.90 Å². The van der Waals surface area contributed by atoms with E-state index in [0.29, 0.717) is 0 Å². The molecule has 0 atom stereocenters. The van der Waals surface area contributed by atoms with E-state index in [-0.39, 0.29) is 0 Å². The number of hydrogen-bond donors (Lipinski definition) is 0. The molecule has 2 rings (SSSR count). The van der Waals surface area contributed by atoms with Crippen molar-refractivity contribution >= 4 is 5.69 Å². The number of hydrogen-bond acceptors (Lipinski definition) is 2. The first-order valence-corrected chi connectivity index (χ1v) is 7.34. The van der Waals surface area contributed by atoms with Gasteiger partial charge in [-0.15, -0.1) is 0 Å². The van der Waals surface area contributed by atoms with E-state index in [2.05, 4.69) is 85.3 Å². The van der Waals surface area contributed by atoms with Crippen LogP contribution in [0.2, 0.25) is 0 Å². The lowest BCUT2D eigenvalue weighted by Gasteiger charge is -2.30. The van der Waals surface area contributed by atoms with Gasteiger partial charge in [-0.05, 0) is 32.1 Å². The number of nitrogens with zero attached hydrogens (tertiary/aromatic N) is 2. The molecular formula is C18H24N2. The van der Waals surface area contributed by atoms with Gasteiger partial charge in [-0.1, -0.05) is 55.5 Å². The molecule has 0 fully saturated rings. The van der Waals surface area contributed by atoms with Crippen molar-refractivity contribution in [1.82, 2.24) is 4.90 Å². The highest BCUT2D eigenvalue weighted by Gasteiger charge is 2.11. The molecule has 2 heteroatoms. The molecule has 2 aromatic carbocycles. The van der Waals surface area contributed by atoms with E-state index in [0.717, 1.165) is 19.8 Å². The van der Waals surface area contributed by atoms with Crippen LogP contribution >= 0.6 is 0 Å². The lowest BCUT2D eigenvalue weighted by Crippen LogP contribution is -2.35. The third kappa shape index (κ3) is 3.40. The van der Waals surface area contributed by atoms with Gasteiger partial charge in [0.05, 0.1) is 6.67 Å². The van der Waals surface area contributed by atoms with Crippen LogP contribution in [0.25, 0.3) is 11.1 Å². The van der Waals surface area contributed by atoms with Crippen LogP contribution in [0.1, 0.15) is 13.8 Å². The Morgan fingerprint density at radius 3 is 2.10 bits per heavy atom. The topological polar surface area (TPSA) is 6.48 Å². The van der Waals surface area contributed by atoms with Crippen molar-refractivity contribution in [2.75, 3.05) is 31.7 Å². The Labute approximate surface area is 122 Å². The van der Waals surface area contributed by atoms with E-state index in [4.69, 9.17) is 0 Å². The van der Waals surface area contributed by atoms with Crippen LogP contribution in [0.3, 0.4) is 0 Å². The molecule has 0 saturated carbocycles. The van der Waals surface area contributed by atoms with Crippen molar-refractivity contribution in [1.29, 1.82) is 0 Å². The van der Waals surface area contributed by atoms with Crippen molar-refractivity contribution in [3.63, 3.8) is 0 Å². The summed E-state index contributed by atoms with van der Waals surface area (Å²) < 4.78 is 0. The first-order chi connectivity index (χ1) is 9.76. The summed E-state index contributed by atoms with van der Waals surface area (Å²) >= 11 is 0. The van der Waals surface area contributed by atoms with Crippen LogP contribution in [-0.2, 0) is 0 Å². The summed E-state index contributed by atoms with van der Waals surface area (Å²) in [4.78, 5) is 4.75. The summed E-state index contributed by atoms with van der Waals surface area (Å²) in [5, 5.41) is 0. The summed E-state index contributed by atoms with van der Waals surface area (Å²) in [6.07, 6.45) is 0. The van der Waals surface area contributed by atoms with Gasteiger partial charge >= 0.3 is 0 Å². The first kappa shape index (κ1) is 14.6. The Morgan fingerprint density at radius 2 is 1.45 bits per heavy atom. The zero-order chi connectivity index (χ0) is 14.4. The quantitative estimate of drug-likeness (QED) is 0.728. The molecule has 0 bridgehead atoms. The van der Waals surface area contributed by atoms with Crippen molar-refractivity contribution in [2.24, 2.45) is 0 Å². The summed E-state index contributed by atoms with van der Waals surface area (Å²) in [6, 6.07) is 19.3. The van der Waals surface area contributed by atoms with Gasteiger partial charge in [0.15, 0.2) is 0 Å². The largest absolute Gasteiger partial charge is 0.358 e. The summed E-state index contributed by atoms with van der Waals surface area (Å²) in [6.45, 7) is 7.43. The van der Waals surface area contributed by atoms with E-state index in [1.165, 1.54) is 16.8 Å².